The topological polar surface area (TPSA) is 61.4 Å². The van der Waals surface area contributed by atoms with E-state index >= 15 is 0 Å². The molecular weight excluding hydrogens is 338 g/mol. The fourth-order valence-electron chi connectivity index (χ4n) is 4.77. The monoisotopic (exact) mass is 369 g/mol. The molecule has 1 aromatic rings. The molecule has 2 amide bonds. The highest BCUT2D eigenvalue weighted by Gasteiger charge is 2.32. The second kappa shape index (κ2) is 8.42. The predicted molar refractivity (Wildman–Crippen MR) is 106 cm³/mol. The van der Waals surface area contributed by atoms with Gasteiger partial charge in [0.25, 0.3) is 5.91 Å². The Hall–Kier alpha value is -1.88. The number of benzene rings is 1. The van der Waals surface area contributed by atoms with E-state index in [1.54, 1.807) is 0 Å². The summed E-state index contributed by atoms with van der Waals surface area (Å²) >= 11 is 0. The second-order valence-electron chi connectivity index (χ2n) is 8.31. The molecule has 0 bridgehead atoms. The van der Waals surface area contributed by atoms with E-state index in [0.29, 0.717) is 12.5 Å². The van der Waals surface area contributed by atoms with Crippen LogP contribution in [-0.2, 0) is 17.6 Å². The Balaban J connectivity index is 1.33. The van der Waals surface area contributed by atoms with Gasteiger partial charge in [0.15, 0.2) is 0 Å². The average Bonchev–Trinajstić information content (AvgIpc) is 3.03. The average molecular weight is 370 g/mol. The molecule has 2 heterocycles. The van der Waals surface area contributed by atoms with E-state index in [0.717, 1.165) is 57.3 Å². The molecule has 1 saturated heterocycles. The van der Waals surface area contributed by atoms with Gasteiger partial charge in [-0.1, -0.05) is 25.3 Å². The van der Waals surface area contributed by atoms with Crippen LogP contribution in [0.15, 0.2) is 18.2 Å². The number of nitrogens with one attached hydrogen (secondary N) is 2. The van der Waals surface area contributed by atoms with Crippen molar-refractivity contribution in [3.8, 4) is 0 Å². The number of likely N-dealkylation sites (tertiary alicyclic amines) is 1. The number of fused-ring (bicyclic) bond motifs is 1. The molecule has 2 N–H and O–H groups in total. The molecule has 1 saturated carbocycles. The summed E-state index contributed by atoms with van der Waals surface area (Å²) in [6, 6.07) is 6.17. The lowest BCUT2D eigenvalue weighted by Gasteiger charge is -2.26. The predicted octanol–water partition coefficient (Wildman–Crippen LogP) is 2.29. The lowest BCUT2D eigenvalue weighted by molar-refractivity contribution is -0.135. The van der Waals surface area contributed by atoms with Gasteiger partial charge in [0, 0.05) is 30.6 Å². The maximum Gasteiger partial charge on any atom is 0.251 e. The van der Waals surface area contributed by atoms with Crippen LogP contribution in [0.3, 0.4) is 0 Å². The zero-order valence-corrected chi connectivity index (χ0v) is 16.1. The van der Waals surface area contributed by atoms with Crippen molar-refractivity contribution in [3.63, 3.8) is 0 Å². The minimum Gasteiger partial charge on any atom is -0.347 e. The van der Waals surface area contributed by atoms with E-state index in [-0.39, 0.29) is 17.9 Å². The summed E-state index contributed by atoms with van der Waals surface area (Å²) in [7, 11) is 0. The molecule has 1 aliphatic carbocycles. The lowest BCUT2D eigenvalue weighted by atomic mass is 9.88. The van der Waals surface area contributed by atoms with Crippen molar-refractivity contribution in [2.24, 2.45) is 5.92 Å². The van der Waals surface area contributed by atoms with Crippen LogP contribution in [0.25, 0.3) is 0 Å². The molecule has 2 aliphatic heterocycles. The van der Waals surface area contributed by atoms with Gasteiger partial charge in [-0.15, -0.1) is 0 Å². The minimum absolute atomic E-state index is 0.00743. The molecule has 4 rings (SSSR count). The maximum absolute atomic E-state index is 12.7. The van der Waals surface area contributed by atoms with Crippen LogP contribution in [0, 0.1) is 5.92 Å². The number of hydrogen-bond acceptors (Lipinski definition) is 3. The molecule has 2 fully saturated rings. The third kappa shape index (κ3) is 4.34. The Morgan fingerprint density at radius 3 is 2.59 bits per heavy atom. The van der Waals surface area contributed by atoms with Crippen molar-refractivity contribution in [3.05, 3.63) is 34.9 Å². The van der Waals surface area contributed by atoms with Crippen LogP contribution in [0.5, 0.6) is 0 Å². The van der Waals surface area contributed by atoms with Crippen LogP contribution < -0.4 is 10.6 Å². The van der Waals surface area contributed by atoms with Gasteiger partial charge in [-0.3, -0.25) is 9.59 Å². The maximum atomic E-state index is 12.7. The summed E-state index contributed by atoms with van der Waals surface area (Å²) < 4.78 is 0. The highest BCUT2D eigenvalue weighted by Crippen LogP contribution is 2.27. The van der Waals surface area contributed by atoms with E-state index in [1.165, 1.54) is 30.4 Å². The van der Waals surface area contributed by atoms with Crippen LogP contribution in [0.4, 0.5) is 0 Å². The highest BCUT2D eigenvalue weighted by atomic mass is 16.2. The smallest absolute Gasteiger partial charge is 0.251 e. The largest absolute Gasteiger partial charge is 0.347 e. The van der Waals surface area contributed by atoms with Gasteiger partial charge in [-0.05, 0) is 68.5 Å². The number of carbonyl (C=O) groups is 2. The first-order valence-corrected chi connectivity index (χ1v) is 10.6. The van der Waals surface area contributed by atoms with Gasteiger partial charge < -0.3 is 15.5 Å². The van der Waals surface area contributed by atoms with E-state index in [4.69, 9.17) is 0 Å². The zero-order valence-electron chi connectivity index (χ0n) is 16.1. The number of carbonyl (C=O) groups excluding carboxylic acids is 2. The molecule has 1 aromatic carbocycles. The van der Waals surface area contributed by atoms with E-state index in [9.17, 15) is 9.59 Å². The number of hydrogen-bond donors (Lipinski definition) is 2. The normalized spacial score (nSPS) is 23.6. The van der Waals surface area contributed by atoms with Crippen molar-refractivity contribution in [1.29, 1.82) is 0 Å². The van der Waals surface area contributed by atoms with Crippen molar-refractivity contribution >= 4 is 11.8 Å². The summed E-state index contributed by atoms with van der Waals surface area (Å²) in [6.45, 7) is 3.41. The number of amides is 2. The Kier molecular flexibility index (Phi) is 5.77. The first kappa shape index (κ1) is 18.5. The summed E-state index contributed by atoms with van der Waals surface area (Å²) in [5, 5.41) is 6.56. The van der Waals surface area contributed by atoms with Gasteiger partial charge in [-0.2, -0.15) is 0 Å². The van der Waals surface area contributed by atoms with Crippen LogP contribution >= 0.6 is 0 Å². The Bertz CT molecular complexity index is 697. The molecule has 27 heavy (non-hydrogen) atoms. The molecule has 1 unspecified atom stereocenters. The summed E-state index contributed by atoms with van der Waals surface area (Å²) in [6.07, 6.45) is 8.56. The molecular formula is C22H31N3O2. The van der Waals surface area contributed by atoms with Crippen molar-refractivity contribution in [2.75, 3.05) is 26.2 Å². The van der Waals surface area contributed by atoms with E-state index < -0.39 is 0 Å². The third-order valence-corrected chi connectivity index (χ3v) is 6.40. The molecule has 0 spiro atoms. The molecule has 5 heteroatoms. The van der Waals surface area contributed by atoms with Crippen LogP contribution in [0.1, 0.15) is 60.0 Å². The quantitative estimate of drug-likeness (QED) is 0.859. The number of nitrogens with zero attached hydrogens (tertiary/aromatic N) is 1. The third-order valence-electron chi connectivity index (χ3n) is 6.40. The Morgan fingerprint density at radius 1 is 1.00 bits per heavy atom. The summed E-state index contributed by atoms with van der Waals surface area (Å²) in [5.41, 5.74) is 3.38. The first-order chi connectivity index (χ1) is 13.2. The van der Waals surface area contributed by atoms with Crippen LogP contribution in [-0.4, -0.2) is 48.9 Å². The molecule has 5 nitrogen and oxygen atoms in total. The van der Waals surface area contributed by atoms with Gasteiger partial charge in [0.05, 0.1) is 0 Å². The first-order valence-electron chi connectivity index (χ1n) is 10.6. The van der Waals surface area contributed by atoms with Crippen molar-refractivity contribution in [2.45, 2.75) is 57.4 Å². The fourth-order valence-corrected chi connectivity index (χ4v) is 4.77. The molecule has 0 radical (unpaired) electrons. The SMILES string of the molecule is O=C(NC1CCN(C(=O)C2CCCCC2)C1)c1ccc2c(c1)CCNCC2. The lowest BCUT2D eigenvalue weighted by Crippen LogP contribution is -2.40. The van der Waals surface area contributed by atoms with Gasteiger partial charge in [-0.25, -0.2) is 0 Å². The van der Waals surface area contributed by atoms with Crippen molar-refractivity contribution in [1.82, 2.24) is 15.5 Å². The zero-order chi connectivity index (χ0) is 18.6. The van der Waals surface area contributed by atoms with E-state index in [1.807, 2.05) is 11.0 Å². The Labute approximate surface area is 161 Å². The summed E-state index contributed by atoms with van der Waals surface area (Å²) in [5.74, 6) is 0.516. The molecule has 146 valence electrons. The fraction of sp³-hybridized carbons (Fsp3) is 0.636. The Morgan fingerprint density at radius 2 is 1.78 bits per heavy atom. The van der Waals surface area contributed by atoms with Gasteiger partial charge in [0.2, 0.25) is 5.91 Å². The molecule has 1 atom stereocenters. The molecule has 0 aromatic heterocycles. The summed E-state index contributed by atoms with van der Waals surface area (Å²) in [4.78, 5) is 27.4. The van der Waals surface area contributed by atoms with Gasteiger partial charge in [0.1, 0.15) is 0 Å². The van der Waals surface area contributed by atoms with Gasteiger partial charge >= 0.3 is 0 Å². The molecule has 3 aliphatic rings. The van der Waals surface area contributed by atoms with Crippen LogP contribution in [0.2, 0.25) is 0 Å². The number of rotatable bonds is 3. The second-order valence-corrected chi connectivity index (χ2v) is 8.31. The van der Waals surface area contributed by atoms with Crippen molar-refractivity contribution < 1.29 is 9.59 Å². The standard InChI is InChI=1S/C22H31N3O2/c26-21(19-7-6-16-8-11-23-12-9-18(16)14-19)24-20-10-13-25(15-20)22(27)17-4-2-1-3-5-17/h6-7,14,17,20,23H,1-5,8-13,15H2,(H,24,26). The van der Waals surface area contributed by atoms with E-state index in [2.05, 4.69) is 22.8 Å². The minimum atomic E-state index is -0.00743. The highest BCUT2D eigenvalue weighted by molar-refractivity contribution is 5.94.